The van der Waals surface area contributed by atoms with Gasteiger partial charge in [0.25, 0.3) is 0 Å². The molecule has 0 aliphatic carbocycles. The first kappa shape index (κ1) is 20.8. The molecule has 1 unspecified atom stereocenters. The van der Waals surface area contributed by atoms with Crippen molar-refractivity contribution in [1.29, 1.82) is 0 Å². The first-order chi connectivity index (χ1) is 13.7. The quantitative estimate of drug-likeness (QED) is 0.657. The van der Waals surface area contributed by atoms with Gasteiger partial charge >= 0.3 is 0 Å². The van der Waals surface area contributed by atoms with Crippen molar-refractivity contribution in [2.45, 2.75) is 44.8 Å². The van der Waals surface area contributed by atoms with E-state index in [1.165, 1.54) is 36.8 Å². The van der Waals surface area contributed by atoms with Gasteiger partial charge in [-0.3, -0.25) is 5.10 Å². The Morgan fingerprint density at radius 2 is 2.04 bits per heavy atom. The molecular formula is C22H34N4O2. The number of rotatable bonds is 10. The van der Waals surface area contributed by atoms with E-state index in [1.54, 1.807) is 0 Å². The van der Waals surface area contributed by atoms with Gasteiger partial charge in [-0.15, -0.1) is 0 Å². The van der Waals surface area contributed by atoms with Gasteiger partial charge in [0.05, 0.1) is 6.20 Å². The number of aliphatic hydroxyl groups excluding tert-OH is 1. The molecule has 154 valence electrons. The first-order valence-electron chi connectivity index (χ1n) is 10.5. The summed E-state index contributed by atoms with van der Waals surface area (Å²) in [6.45, 7) is 5.08. The standard InChI is InChI=1S/C22H34N4O2/c1-25(12-9-20-14-23-24-15-20)16-19-7-6-8-22(13-19)28-18-21(27)17-26-10-4-2-3-5-11-26/h6-8,13-15,21,27H,2-5,9-12,16-18H2,1H3,(H,23,24). The number of benzene rings is 1. The van der Waals surface area contributed by atoms with Crippen LogP contribution in [0.4, 0.5) is 0 Å². The van der Waals surface area contributed by atoms with Crippen LogP contribution in [0.25, 0.3) is 0 Å². The van der Waals surface area contributed by atoms with Crippen molar-refractivity contribution < 1.29 is 9.84 Å². The van der Waals surface area contributed by atoms with Crippen LogP contribution in [0.1, 0.15) is 36.8 Å². The lowest BCUT2D eigenvalue weighted by atomic mass is 10.2. The summed E-state index contributed by atoms with van der Waals surface area (Å²) in [6.07, 6.45) is 9.45. The van der Waals surface area contributed by atoms with Gasteiger partial charge in [-0.25, -0.2) is 0 Å². The Kier molecular flexibility index (Phi) is 8.33. The lowest BCUT2D eigenvalue weighted by Crippen LogP contribution is -2.36. The van der Waals surface area contributed by atoms with E-state index in [1.807, 2.05) is 24.5 Å². The predicted octanol–water partition coefficient (Wildman–Crippen LogP) is 2.70. The Labute approximate surface area is 168 Å². The zero-order chi connectivity index (χ0) is 19.6. The van der Waals surface area contributed by atoms with Crippen LogP contribution in [-0.2, 0) is 13.0 Å². The van der Waals surface area contributed by atoms with Gasteiger partial charge in [0.1, 0.15) is 18.5 Å². The molecule has 6 heteroatoms. The van der Waals surface area contributed by atoms with Crippen LogP contribution in [-0.4, -0.2) is 71.0 Å². The topological polar surface area (TPSA) is 64.6 Å². The third-order valence-electron chi connectivity index (χ3n) is 5.30. The molecule has 2 heterocycles. The average molecular weight is 387 g/mol. The summed E-state index contributed by atoms with van der Waals surface area (Å²) in [5.41, 5.74) is 2.44. The van der Waals surface area contributed by atoms with E-state index in [4.69, 9.17) is 4.74 Å². The number of likely N-dealkylation sites (tertiary alicyclic amines) is 1. The van der Waals surface area contributed by atoms with Crippen molar-refractivity contribution in [3.63, 3.8) is 0 Å². The van der Waals surface area contributed by atoms with Gasteiger partial charge < -0.3 is 19.6 Å². The maximum atomic E-state index is 10.3. The number of aromatic amines is 1. The Morgan fingerprint density at radius 3 is 2.79 bits per heavy atom. The molecule has 1 aromatic carbocycles. The van der Waals surface area contributed by atoms with Crippen molar-refractivity contribution in [2.24, 2.45) is 0 Å². The molecule has 28 heavy (non-hydrogen) atoms. The van der Waals surface area contributed by atoms with Crippen LogP contribution in [0.3, 0.4) is 0 Å². The largest absolute Gasteiger partial charge is 0.491 e. The third-order valence-corrected chi connectivity index (χ3v) is 5.30. The molecule has 3 rings (SSSR count). The van der Waals surface area contributed by atoms with E-state index in [2.05, 4.69) is 39.2 Å². The van der Waals surface area contributed by atoms with E-state index in [0.29, 0.717) is 13.2 Å². The molecule has 1 atom stereocenters. The van der Waals surface area contributed by atoms with Crippen molar-refractivity contribution >= 4 is 0 Å². The van der Waals surface area contributed by atoms with Crippen LogP contribution < -0.4 is 4.74 Å². The minimum absolute atomic E-state index is 0.344. The molecule has 0 bridgehead atoms. The lowest BCUT2D eigenvalue weighted by Gasteiger charge is -2.23. The highest BCUT2D eigenvalue weighted by molar-refractivity contribution is 5.28. The van der Waals surface area contributed by atoms with Crippen molar-refractivity contribution in [2.75, 3.05) is 39.8 Å². The Morgan fingerprint density at radius 1 is 1.21 bits per heavy atom. The van der Waals surface area contributed by atoms with E-state index in [9.17, 15) is 5.11 Å². The Hall–Kier alpha value is -1.89. The Bertz CT molecular complexity index is 669. The fourth-order valence-electron chi connectivity index (χ4n) is 3.72. The number of H-pyrrole nitrogens is 1. The fraction of sp³-hybridized carbons (Fsp3) is 0.591. The zero-order valence-corrected chi connectivity index (χ0v) is 17.0. The molecule has 0 amide bonds. The van der Waals surface area contributed by atoms with Crippen molar-refractivity contribution in [3.05, 3.63) is 47.8 Å². The van der Waals surface area contributed by atoms with E-state index < -0.39 is 6.10 Å². The molecule has 0 saturated carbocycles. The smallest absolute Gasteiger partial charge is 0.119 e. The number of nitrogens with zero attached hydrogens (tertiary/aromatic N) is 3. The zero-order valence-electron chi connectivity index (χ0n) is 17.0. The maximum absolute atomic E-state index is 10.3. The van der Waals surface area contributed by atoms with Crippen LogP contribution in [0.15, 0.2) is 36.7 Å². The van der Waals surface area contributed by atoms with Crippen LogP contribution in [0.5, 0.6) is 5.75 Å². The summed E-state index contributed by atoms with van der Waals surface area (Å²) in [7, 11) is 2.12. The summed E-state index contributed by atoms with van der Waals surface area (Å²) in [4.78, 5) is 4.66. The highest BCUT2D eigenvalue weighted by atomic mass is 16.5. The number of ether oxygens (including phenoxy) is 1. The lowest BCUT2D eigenvalue weighted by molar-refractivity contribution is 0.0693. The molecule has 2 N–H and O–H groups in total. The number of β-amino-alcohol motifs (C(OH)–C–C–N with tert-alkyl or cyclic N) is 1. The van der Waals surface area contributed by atoms with Gasteiger partial charge in [-0.05, 0) is 62.7 Å². The monoisotopic (exact) mass is 386 g/mol. The molecule has 1 saturated heterocycles. The second kappa shape index (κ2) is 11.2. The first-order valence-corrected chi connectivity index (χ1v) is 10.5. The second-order valence-electron chi connectivity index (χ2n) is 7.92. The number of likely N-dealkylation sites (N-methyl/N-ethyl adjacent to an activating group) is 1. The molecule has 1 aliphatic heterocycles. The number of hydrogen-bond donors (Lipinski definition) is 2. The summed E-state index contributed by atoms with van der Waals surface area (Å²) < 4.78 is 5.87. The molecule has 0 radical (unpaired) electrons. The van der Waals surface area contributed by atoms with Crippen LogP contribution in [0.2, 0.25) is 0 Å². The van der Waals surface area contributed by atoms with Gasteiger partial charge in [-0.1, -0.05) is 25.0 Å². The van der Waals surface area contributed by atoms with Crippen molar-refractivity contribution in [1.82, 2.24) is 20.0 Å². The number of hydrogen-bond acceptors (Lipinski definition) is 5. The fourth-order valence-corrected chi connectivity index (χ4v) is 3.72. The molecule has 2 aromatic rings. The van der Waals surface area contributed by atoms with Crippen LogP contribution >= 0.6 is 0 Å². The maximum Gasteiger partial charge on any atom is 0.119 e. The minimum atomic E-state index is -0.445. The highest BCUT2D eigenvalue weighted by Crippen LogP contribution is 2.16. The van der Waals surface area contributed by atoms with Crippen LogP contribution in [0, 0.1) is 0 Å². The summed E-state index contributed by atoms with van der Waals surface area (Å²) >= 11 is 0. The summed E-state index contributed by atoms with van der Waals surface area (Å²) in [5, 5.41) is 17.2. The second-order valence-corrected chi connectivity index (χ2v) is 7.92. The molecule has 1 aliphatic rings. The normalized spacial score (nSPS) is 16.8. The van der Waals surface area contributed by atoms with Crippen molar-refractivity contribution in [3.8, 4) is 5.75 Å². The minimum Gasteiger partial charge on any atom is -0.491 e. The molecule has 6 nitrogen and oxygen atoms in total. The van der Waals surface area contributed by atoms with Gasteiger partial charge in [-0.2, -0.15) is 5.10 Å². The predicted molar refractivity (Wildman–Crippen MR) is 111 cm³/mol. The summed E-state index contributed by atoms with van der Waals surface area (Å²) in [5.74, 6) is 0.829. The Balaban J connectivity index is 1.40. The van der Waals surface area contributed by atoms with Gasteiger partial charge in [0.2, 0.25) is 0 Å². The average Bonchev–Trinajstić information content (AvgIpc) is 3.09. The van der Waals surface area contributed by atoms with E-state index in [-0.39, 0.29) is 0 Å². The van der Waals surface area contributed by atoms with E-state index in [0.717, 1.165) is 38.3 Å². The highest BCUT2D eigenvalue weighted by Gasteiger charge is 2.14. The van der Waals surface area contributed by atoms with Gasteiger partial charge in [0, 0.05) is 25.8 Å². The number of nitrogens with one attached hydrogen (secondary N) is 1. The third kappa shape index (κ3) is 7.26. The molecule has 1 fully saturated rings. The molecule has 0 spiro atoms. The van der Waals surface area contributed by atoms with Gasteiger partial charge in [0.15, 0.2) is 0 Å². The van der Waals surface area contributed by atoms with E-state index >= 15 is 0 Å². The summed E-state index contributed by atoms with van der Waals surface area (Å²) in [6, 6.07) is 8.19. The number of aliphatic hydroxyl groups is 1. The molecular weight excluding hydrogens is 352 g/mol. The SMILES string of the molecule is CN(CCc1cn[nH]c1)Cc1cccc(OCC(O)CN2CCCCCC2)c1. The molecule has 1 aromatic heterocycles. The number of aromatic nitrogens is 2.